The molecule has 1 aliphatic heterocycles. The first-order chi connectivity index (χ1) is 15.3. The summed E-state index contributed by atoms with van der Waals surface area (Å²) in [5, 5.41) is 7.35. The average Bonchev–Trinajstić information content (AvgIpc) is 3.36. The molecule has 0 aliphatic carbocycles. The molecule has 2 aromatic carbocycles. The molecule has 3 aromatic rings. The normalized spacial score (nSPS) is 14.0. The summed E-state index contributed by atoms with van der Waals surface area (Å²) in [6, 6.07) is 10.4. The molecule has 2 amide bonds. The number of carbonyl (C=O) groups is 2. The van der Waals surface area contributed by atoms with Crippen molar-refractivity contribution in [3.8, 4) is 16.9 Å². The number of hydrogen-bond acceptors (Lipinski definition) is 4. The average molecular weight is 472 g/mol. The molecule has 9 heteroatoms. The zero-order chi connectivity index (χ0) is 23.0. The Bertz CT molecular complexity index is 1220. The van der Waals surface area contributed by atoms with Crippen molar-refractivity contribution in [1.29, 1.82) is 0 Å². The van der Waals surface area contributed by atoms with E-state index in [4.69, 9.17) is 28.9 Å². The Balaban J connectivity index is 1.92. The molecule has 2 heterocycles. The van der Waals surface area contributed by atoms with E-state index in [2.05, 4.69) is 10.5 Å². The van der Waals surface area contributed by atoms with Gasteiger partial charge in [0, 0.05) is 34.8 Å². The van der Waals surface area contributed by atoms with Crippen LogP contribution in [0.5, 0.6) is 0 Å². The molecule has 1 saturated heterocycles. The number of nitrogens with one attached hydrogen (secondary N) is 1. The first-order valence-electron chi connectivity index (χ1n) is 10.3. The van der Waals surface area contributed by atoms with E-state index in [-0.39, 0.29) is 17.2 Å². The topological polar surface area (TPSA) is 93.2 Å². The zero-order valence-electron chi connectivity index (χ0n) is 17.8. The predicted molar refractivity (Wildman–Crippen MR) is 125 cm³/mol. The van der Waals surface area contributed by atoms with E-state index in [1.807, 2.05) is 30.1 Å². The fraction of sp³-hybridized carbons (Fsp3) is 0.261. The summed E-state index contributed by atoms with van der Waals surface area (Å²) in [4.78, 5) is 25.3. The Kier molecular flexibility index (Phi) is 6.24. The van der Waals surface area contributed by atoms with Crippen LogP contribution in [0.3, 0.4) is 0 Å². The van der Waals surface area contributed by atoms with Crippen LogP contribution in [0, 0.1) is 13.8 Å². The van der Waals surface area contributed by atoms with E-state index >= 15 is 0 Å². The third-order valence-electron chi connectivity index (χ3n) is 5.54. The number of carbonyl (C=O) groups excluding carboxylic acids is 2. The van der Waals surface area contributed by atoms with Gasteiger partial charge in [-0.1, -0.05) is 35.3 Å². The fourth-order valence-electron chi connectivity index (χ4n) is 3.94. The molecule has 0 unspecified atom stereocenters. The van der Waals surface area contributed by atoms with E-state index in [1.54, 1.807) is 23.7 Å². The number of nitrogens with two attached hydrogens (primary N) is 1. The van der Waals surface area contributed by atoms with Gasteiger partial charge >= 0.3 is 0 Å². The molecular formula is C23H23Cl2N5O2. The van der Waals surface area contributed by atoms with Crippen molar-refractivity contribution >= 4 is 35.0 Å². The van der Waals surface area contributed by atoms with Crippen LogP contribution in [0.25, 0.3) is 16.9 Å². The Morgan fingerprint density at radius 3 is 2.44 bits per heavy atom. The number of rotatable bonds is 5. The molecule has 3 N–H and O–H groups in total. The van der Waals surface area contributed by atoms with E-state index < -0.39 is 5.91 Å². The highest BCUT2D eigenvalue weighted by atomic mass is 35.5. The van der Waals surface area contributed by atoms with Crippen molar-refractivity contribution in [3.63, 3.8) is 0 Å². The lowest BCUT2D eigenvalue weighted by molar-refractivity contribution is 0.0819. The predicted octanol–water partition coefficient (Wildman–Crippen LogP) is 4.30. The number of halogens is 2. The van der Waals surface area contributed by atoms with Gasteiger partial charge in [0.05, 0.1) is 16.4 Å². The summed E-state index contributed by atoms with van der Waals surface area (Å²) >= 11 is 12.7. The van der Waals surface area contributed by atoms with E-state index in [0.29, 0.717) is 32.6 Å². The van der Waals surface area contributed by atoms with Gasteiger partial charge in [0.25, 0.3) is 5.91 Å². The maximum atomic E-state index is 13.1. The highest BCUT2D eigenvalue weighted by Crippen LogP contribution is 2.34. The first kappa shape index (κ1) is 22.3. The second-order valence-corrected chi connectivity index (χ2v) is 8.72. The van der Waals surface area contributed by atoms with Crippen molar-refractivity contribution in [3.05, 3.63) is 68.8 Å². The monoisotopic (exact) mass is 471 g/mol. The summed E-state index contributed by atoms with van der Waals surface area (Å²) in [5.74, 6) is -0.949. The van der Waals surface area contributed by atoms with Gasteiger partial charge in [-0.2, -0.15) is 5.10 Å². The smallest absolute Gasteiger partial charge is 0.286 e. The molecule has 1 aliphatic rings. The lowest BCUT2D eigenvalue weighted by Crippen LogP contribution is -2.40. The van der Waals surface area contributed by atoms with Gasteiger partial charge in [-0.15, -0.1) is 0 Å². The van der Waals surface area contributed by atoms with Gasteiger partial charge in [-0.25, -0.2) is 9.69 Å². The maximum Gasteiger partial charge on any atom is 0.286 e. The number of amides is 2. The van der Waals surface area contributed by atoms with E-state index in [1.165, 1.54) is 6.07 Å². The Labute approximate surface area is 196 Å². The molecule has 7 nitrogen and oxygen atoms in total. The van der Waals surface area contributed by atoms with Crippen molar-refractivity contribution in [2.45, 2.75) is 26.7 Å². The largest absolute Gasteiger partial charge is 0.366 e. The highest BCUT2D eigenvalue weighted by Gasteiger charge is 2.27. The van der Waals surface area contributed by atoms with Gasteiger partial charge in [-0.05, 0) is 56.5 Å². The lowest BCUT2D eigenvalue weighted by atomic mass is 10.00. The molecule has 166 valence electrons. The van der Waals surface area contributed by atoms with Gasteiger partial charge < -0.3 is 5.73 Å². The Hall–Kier alpha value is -2.87. The van der Waals surface area contributed by atoms with Gasteiger partial charge in [0.2, 0.25) is 5.91 Å². The minimum absolute atomic E-state index is 0.233. The molecule has 1 fully saturated rings. The minimum atomic E-state index is -0.632. The molecule has 0 spiro atoms. The third kappa shape index (κ3) is 4.24. The van der Waals surface area contributed by atoms with E-state index in [9.17, 15) is 9.59 Å². The number of aryl methyl sites for hydroxylation is 1. The van der Waals surface area contributed by atoms with Crippen LogP contribution in [0.2, 0.25) is 10.0 Å². The summed E-state index contributed by atoms with van der Waals surface area (Å²) in [6.07, 6.45) is 2.06. The first-order valence-corrected chi connectivity index (χ1v) is 11.0. The SMILES string of the molecule is Cc1ccc(-n2nc(C(=O)NN3CCCC3)c(C)c2-c2ccc(Cl)cc2C(N)=O)c(Cl)c1. The number of aromatic nitrogens is 2. The Morgan fingerprint density at radius 1 is 1.06 bits per heavy atom. The maximum absolute atomic E-state index is 13.1. The van der Waals surface area contributed by atoms with Crippen LogP contribution in [0.1, 0.15) is 44.8 Å². The molecule has 0 atom stereocenters. The van der Waals surface area contributed by atoms with Crippen LogP contribution in [-0.4, -0.2) is 39.7 Å². The second kappa shape index (κ2) is 8.94. The van der Waals surface area contributed by atoms with Crippen molar-refractivity contribution in [1.82, 2.24) is 20.2 Å². The molecule has 1 aromatic heterocycles. The summed E-state index contributed by atoms with van der Waals surface area (Å²) in [7, 11) is 0. The van der Waals surface area contributed by atoms with Gasteiger partial charge in [0.15, 0.2) is 5.69 Å². The van der Waals surface area contributed by atoms with Crippen LogP contribution in [0.15, 0.2) is 36.4 Å². The van der Waals surface area contributed by atoms with Crippen LogP contribution < -0.4 is 11.2 Å². The quantitative estimate of drug-likeness (QED) is 0.579. The van der Waals surface area contributed by atoms with Crippen LogP contribution in [-0.2, 0) is 0 Å². The van der Waals surface area contributed by atoms with Gasteiger partial charge in [-0.3, -0.25) is 15.0 Å². The molecule has 0 saturated carbocycles. The summed E-state index contributed by atoms with van der Waals surface area (Å²) < 4.78 is 1.59. The molecule has 4 rings (SSSR count). The summed E-state index contributed by atoms with van der Waals surface area (Å²) in [6.45, 7) is 5.32. The number of benzene rings is 2. The molecule has 0 radical (unpaired) electrons. The lowest BCUT2D eigenvalue weighted by Gasteiger charge is -2.15. The minimum Gasteiger partial charge on any atom is -0.366 e. The van der Waals surface area contributed by atoms with Crippen molar-refractivity contribution in [2.24, 2.45) is 5.73 Å². The zero-order valence-corrected chi connectivity index (χ0v) is 19.3. The van der Waals surface area contributed by atoms with E-state index in [0.717, 1.165) is 31.5 Å². The fourth-order valence-corrected chi connectivity index (χ4v) is 4.43. The van der Waals surface area contributed by atoms with Crippen LogP contribution in [0.4, 0.5) is 0 Å². The van der Waals surface area contributed by atoms with Crippen LogP contribution >= 0.6 is 23.2 Å². The number of hydrogen-bond donors (Lipinski definition) is 2. The number of hydrazine groups is 1. The molecule has 0 bridgehead atoms. The highest BCUT2D eigenvalue weighted by molar-refractivity contribution is 6.32. The summed E-state index contributed by atoms with van der Waals surface area (Å²) in [5.41, 5.74) is 12.3. The van der Waals surface area contributed by atoms with Crippen molar-refractivity contribution in [2.75, 3.05) is 13.1 Å². The Morgan fingerprint density at radius 2 is 1.78 bits per heavy atom. The van der Waals surface area contributed by atoms with Crippen molar-refractivity contribution < 1.29 is 9.59 Å². The molecular weight excluding hydrogens is 449 g/mol. The molecule has 32 heavy (non-hydrogen) atoms. The number of nitrogens with zero attached hydrogens (tertiary/aromatic N) is 3. The standard InChI is InChI=1S/C23H23Cl2N5O2/c1-13-5-8-19(18(25)11-13)30-21(16-7-6-15(24)12-17(16)22(26)31)14(2)20(27-30)23(32)28-29-9-3-4-10-29/h5-8,11-12H,3-4,9-10H2,1-2H3,(H2,26,31)(H,28,32). The third-order valence-corrected chi connectivity index (χ3v) is 6.07. The second-order valence-electron chi connectivity index (χ2n) is 7.88. The number of primary amides is 1. The van der Waals surface area contributed by atoms with Gasteiger partial charge in [0.1, 0.15) is 0 Å².